The Labute approximate surface area is 162 Å². The van der Waals surface area contributed by atoms with Crippen LogP contribution in [0.4, 0.5) is 10.5 Å². The number of nitrogens with zero attached hydrogens (tertiary/aromatic N) is 2. The van der Waals surface area contributed by atoms with Gasteiger partial charge in [-0.2, -0.15) is 0 Å². The Morgan fingerprint density at radius 1 is 1.12 bits per heavy atom. The highest BCUT2D eigenvalue weighted by molar-refractivity contribution is 8.18. The second kappa shape index (κ2) is 7.49. The van der Waals surface area contributed by atoms with Gasteiger partial charge in [-0.3, -0.25) is 24.6 Å². The quantitative estimate of drug-likeness (QED) is 0.397. The first kappa shape index (κ1) is 18.4. The lowest BCUT2D eigenvalue weighted by Crippen LogP contribution is -2.27. The average Bonchev–Trinajstić information content (AvgIpc) is 2.86. The van der Waals surface area contributed by atoms with Crippen LogP contribution in [0.5, 0.6) is 0 Å². The van der Waals surface area contributed by atoms with Gasteiger partial charge in [-0.25, -0.2) is 0 Å². The molecule has 1 aliphatic heterocycles. The van der Waals surface area contributed by atoms with E-state index in [2.05, 4.69) is 0 Å². The molecule has 2 amide bonds. The van der Waals surface area contributed by atoms with Gasteiger partial charge in [-0.05, 0) is 41.6 Å². The minimum atomic E-state index is -0.536. The number of carbonyl (C=O) groups is 2. The summed E-state index contributed by atoms with van der Waals surface area (Å²) < 4.78 is 0. The van der Waals surface area contributed by atoms with E-state index in [0.717, 1.165) is 16.7 Å². The van der Waals surface area contributed by atoms with Gasteiger partial charge in [0, 0.05) is 6.07 Å². The molecule has 0 radical (unpaired) electrons. The Hall–Kier alpha value is -2.35. The van der Waals surface area contributed by atoms with E-state index in [-0.39, 0.29) is 22.7 Å². The van der Waals surface area contributed by atoms with E-state index in [9.17, 15) is 19.7 Å². The molecule has 0 spiro atoms. The average molecular weight is 409 g/mol. The predicted octanol–water partition coefficient (Wildman–Crippen LogP) is 5.14. The molecule has 0 aliphatic carbocycles. The predicted molar refractivity (Wildman–Crippen MR) is 101 cm³/mol. The zero-order chi connectivity index (χ0) is 18.8. The first-order chi connectivity index (χ1) is 12.4. The van der Waals surface area contributed by atoms with Gasteiger partial charge in [0.25, 0.3) is 16.8 Å². The molecule has 1 heterocycles. The highest BCUT2D eigenvalue weighted by Crippen LogP contribution is 2.35. The van der Waals surface area contributed by atoms with Crippen LogP contribution in [0.1, 0.15) is 11.1 Å². The van der Waals surface area contributed by atoms with Crippen molar-refractivity contribution in [1.82, 2.24) is 4.90 Å². The molecule has 1 aliphatic rings. The third-order valence-electron chi connectivity index (χ3n) is 3.62. The van der Waals surface area contributed by atoms with E-state index < -0.39 is 16.1 Å². The Kier molecular flexibility index (Phi) is 5.31. The molecule has 0 saturated carbocycles. The normalized spacial score (nSPS) is 15.8. The maximum Gasteiger partial charge on any atom is 0.293 e. The number of halogens is 2. The standard InChI is InChI=1S/C17H10Cl2N2O4S/c18-12-6-5-10(7-13(12)19)9-20-16(22)15(26-17(20)23)8-11-3-1-2-4-14(11)21(24)25/h1-8H,9H2/b15-8-. The van der Waals surface area contributed by atoms with E-state index in [1.165, 1.54) is 24.3 Å². The summed E-state index contributed by atoms with van der Waals surface area (Å²) in [4.78, 5) is 36.5. The second-order valence-electron chi connectivity index (χ2n) is 5.33. The van der Waals surface area contributed by atoms with Crippen LogP contribution in [-0.4, -0.2) is 21.0 Å². The third kappa shape index (κ3) is 3.75. The van der Waals surface area contributed by atoms with E-state index in [4.69, 9.17) is 23.2 Å². The van der Waals surface area contributed by atoms with E-state index in [1.807, 2.05) is 0 Å². The summed E-state index contributed by atoms with van der Waals surface area (Å²) in [5.41, 5.74) is 0.773. The number of hydrogen-bond acceptors (Lipinski definition) is 5. The number of benzene rings is 2. The van der Waals surface area contributed by atoms with Crippen LogP contribution in [0.15, 0.2) is 47.4 Å². The monoisotopic (exact) mass is 408 g/mol. The first-order valence-electron chi connectivity index (χ1n) is 7.29. The van der Waals surface area contributed by atoms with Crippen LogP contribution in [0.2, 0.25) is 10.0 Å². The largest absolute Gasteiger partial charge is 0.293 e. The van der Waals surface area contributed by atoms with Gasteiger partial charge in [0.1, 0.15) is 0 Å². The van der Waals surface area contributed by atoms with Crippen molar-refractivity contribution in [3.05, 3.63) is 78.7 Å². The number of rotatable bonds is 4. The molecule has 1 saturated heterocycles. The van der Waals surface area contributed by atoms with Crippen molar-refractivity contribution >= 4 is 57.9 Å². The van der Waals surface area contributed by atoms with Crippen molar-refractivity contribution < 1.29 is 14.5 Å². The molecule has 6 nitrogen and oxygen atoms in total. The van der Waals surface area contributed by atoms with E-state index in [0.29, 0.717) is 15.6 Å². The molecular weight excluding hydrogens is 399 g/mol. The smallest absolute Gasteiger partial charge is 0.268 e. The minimum Gasteiger partial charge on any atom is -0.268 e. The van der Waals surface area contributed by atoms with Gasteiger partial charge < -0.3 is 0 Å². The number of amides is 2. The molecule has 0 aromatic heterocycles. The summed E-state index contributed by atoms with van der Waals surface area (Å²) in [6.45, 7) is 0.0375. The van der Waals surface area contributed by atoms with Crippen LogP contribution >= 0.6 is 35.0 Å². The Balaban J connectivity index is 1.87. The van der Waals surface area contributed by atoms with Crippen molar-refractivity contribution in [2.45, 2.75) is 6.54 Å². The minimum absolute atomic E-state index is 0.0375. The van der Waals surface area contributed by atoms with Gasteiger partial charge in [-0.1, -0.05) is 41.4 Å². The van der Waals surface area contributed by atoms with Crippen molar-refractivity contribution in [2.75, 3.05) is 0 Å². The molecular formula is C17H10Cl2N2O4S. The fourth-order valence-electron chi connectivity index (χ4n) is 2.37. The third-order valence-corrected chi connectivity index (χ3v) is 5.26. The molecule has 26 heavy (non-hydrogen) atoms. The molecule has 2 aromatic carbocycles. The Morgan fingerprint density at radius 3 is 2.54 bits per heavy atom. The van der Waals surface area contributed by atoms with E-state index in [1.54, 1.807) is 24.3 Å². The van der Waals surface area contributed by atoms with Crippen LogP contribution in [0, 0.1) is 10.1 Å². The number of para-hydroxylation sites is 1. The van der Waals surface area contributed by atoms with Crippen LogP contribution in [-0.2, 0) is 11.3 Å². The van der Waals surface area contributed by atoms with Crippen molar-refractivity contribution in [1.29, 1.82) is 0 Å². The molecule has 0 N–H and O–H groups in total. The maximum absolute atomic E-state index is 12.5. The van der Waals surface area contributed by atoms with Gasteiger partial charge in [0.15, 0.2) is 0 Å². The van der Waals surface area contributed by atoms with Gasteiger partial charge in [0.05, 0.1) is 32.0 Å². The number of nitro benzene ring substituents is 1. The highest BCUT2D eigenvalue weighted by atomic mass is 35.5. The molecule has 132 valence electrons. The Morgan fingerprint density at radius 2 is 1.85 bits per heavy atom. The van der Waals surface area contributed by atoms with Crippen LogP contribution < -0.4 is 0 Å². The molecule has 0 atom stereocenters. The van der Waals surface area contributed by atoms with Gasteiger partial charge in [-0.15, -0.1) is 0 Å². The number of thioether (sulfide) groups is 1. The molecule has 0 unspecified atom stereocenters. The number of carbonyl (C=O) groups excluding carboxylic acids is 2. The summed E-state index contributed by atoms with van der Waals surface area (Å²) in [5.74, 6) is -0.510. The van der Waals surface area contributed by atoms with Gasteiger partial charge >= 0.3 is 0 Å². The molecule has 9 heteroatoms. The number of imide groups is 1. The lowest BCUT2D eigenvalue weighted by molar-refractivity contribution is -0.385. The van der Waals surface area contributed by atoms with Crippen LogP contribution in [0.3, 0.4) is 0 Å². The highest BCUT2D eigenvalue weighted by Gasteiger charge is 2.35. The summed E-state index contributed by atoms with van der Waals surface area (Å²) in [6.07, 6.45) is 1.36. The maximum atomic E-state index is 12.5. The van der Waals surface area contributed by atoms with E-state index >= 15 is 0 Å². The van der Waals surface area contributed by atoms with Crippen LogP contribution in [0.25, 0.3) is 6.08 Å². The zero-order valence-electron chi connectivity index (χ0n) is 13.0. The molecule has 0 bridgehead atoms. The second-order valence-corrected chi connectivity index (χ2v) is 7.14. The zero-order valence-corrected chi connectivity index (χ0v) is 15.3. The summed E-state index contributed by atoms with van der Waals surface area (Å²) in [5, 5.41) is 11.3. The number of hydrogen-bond donors (Lipinski definition) is 0. The fraction of sp³-hybridized carbons (Fsp3) is 0.0588. The van der Waals surface area contributed by atoms with Crippen molar-refractivity contribution in [3.63, 3.8) is 0 Å². The lowest BCUT2D eigenvalue weighted by Gasteiger charge is -2.12. The SMILES string of the molecule is O=C1S/C(=C\c2ccccc2[N+](=O)[O-])C(=O)N1Cc1ccc(Cl)c(Cl)c1. The molecule has 2 aromatic rings. The molecule has 1 fully saturated rings. The lowest BCUT2D eigenvalue weighted by atomic mass is 10.1. The topological polar surface area (TPSA) is 80.5 Å². The van der Waals surface area contributed by atoms with Crippen molar-refractivity contribution in [2.24, 2.45) is 0 Å². The molecule has 3 rings (SSSR count). The Bertz CT molecular complexity index is 962. The van der Waals surface area contributed by atoms with Gasteiger partial charge in [0.2, 0.25) is 0 Å². The summed E-state index contributed by atoms with van der Waals surface area (Å²) >= 11 is 12.6. The summed E-state index contributed by atoms with van der Waals surface area (Å²) in [7, 11) is 0. The number of nitro groups is 1. The fourth-order valence-corrected chi connectivity index (χ4v) is 3.52. The van der Waals surface area contributed by atoms with Crippen molar-refractivity contribution in [3.8, 4) is 0 Å². The first-order valence-corrected chi connectivity index (χ1v) is 8.87. The summed E-state index contributed by atoms with van der Waals surface area (Å²) in [6, 6.07) is 10.9.